The van der Waals surface area contributed by atoms with Crippen LogP contribution in [0.3, 0.4) is 0 Å². The van der Waals surface area contributed by atoms with E-state index in [4.69, 9.17) is 0 Å². The van der Waals surface area contributed by atoms with E-state index < -0.39 is 0 Å². The molecule has 0 fully saturated rings. The lowest BCUT2D eigenvalue weighted by atomic mass is 10.3. The Morgan fingerprint density at radius 2 is 2.38 bits per heavy atom. The van der Waals surface area contributed by atoms with Gasteiger partial charge < -0.3 is 4.98 Å². The number of rotatable bonds is 1. The standard InChI is InChI=1S/C6H9N.CH4/c1-2-6-3-4-7-5-6;/h3-5,7H,2H2,1H3;1H4. The van der Waals surface area contributed by atoms with Crippen molar-refractivity contribution in [1.29, 1.82) is 0 Å². The van der Waals surface area contributed by atoms with Gasteiger partial charge in [-0.1, -0.05) is 14.4 Å². The molecular weight excluding hydrogens is 98.1 g/mol. The maximum absolute atomic E-state index is 2.98. The van der Waals surface area contributed by atoms with Gasteiger partial charge in [0, 0.05) is 12.4 Å². The predicted molar refractivity (Wildman–Crippen MR) is 36.9 cm³/mol. The zero-order chi connectivity index (χ0) is 5.11. The molecule has 1 N–H and O–H groups in total. The van der Waals surface area contributed by atoms with Crippen LogP contribution in [0.1, 0.15) is 19.9 Å². The van der Waals surface area contributed by atoms with Crippen molar-refractivity contribution in [3.8, 4) is 0 Å². The van der Waals surface area contributed by atoms with E-state index in [0.29, 0.717) is 0 Å². The smallest absolute Gasteiger partial charge is 0.00372 e. The Morgan fingerprint density at radius 3 is 2.62 bits per heavy atom. The third kappa shape index (κ3) is 1.41. The fourth-order valence-corrected chi connectivity index (χ4v) is 0.578. The van der Waals surface area contributed by atoms with Gasteiger partial charge in [0.2, 0.25) is 0 Å². The van der Waals surface area contributed by atoms with Gasteiger partial charge in [0.1, 0.15) is 0 Å². The number of H-pyrrole nitrogens is 1. The van der Waals surface area contributed by atoms with Gasteiger partial charge >= 0.3 is 0 Å². The summed E-state index contributed by atoms with van der Waals surface area (Å²) in [6.07, 6.45) is 5.09. The summed E-state index contributed by atoms with van der Waals surface area (Å²) in [5.74, 6) is 0. The van der Waals surface area contributed by atoms with Gasteiger partial charge in [-0.3, -0.25) is 0 Å². The molecule has 0 aliphatic carbocycles. The van der Waals surface area contributed by atoms with Gasteiger partial charge in [0.25, 0.3) is 0 Å². The molecule has 0 unspecified atom stereocenters. The number of aromatic amines is 1. The van der Waals surface area contributed by atoms with Crippen molar-refractivity contribution < 1.29 is 0 Å². The molecule has 0 bridgehead atoms. The minimum atomic E-state index is 0. The first-order valence-electron chi connectivity index (χ1n) is 2.55. The fraction of sp³-hybridized carbons (Fsp3) is 0.429. The topological polar surface area (TPSA) is 15.8 Å². The van der Waals surface area contributed by atoms with Crippen LogP contribution in [0.15, 0.2) is 18.5 Å². The van der Waals surface area contributed by atoms with Gasteiger partial charge in [-0.05, 0) is 18.1 Å². The van der Waals surface area contributed by atoms with Gasteiger partial charge in [0.15, 0.2) is 0 Å². The summed E-state index contributed by atoms with van der Waals surface area (Å²) in [5.41, 5.74) is 1.38. The van der Waals surface area contributed by atoms with Crippen molar-refractivity contribution >= 4 is 0 Å². The minimum absolute atomic E-state index is 0. The highest BCUT2D eigenvalue weighted by atomic mass is 14.6. The second-order valence-corrected chi connectivity index (χ2v) is 1.57. The maximum Gasteiger partial charge on any atom is 0.00372 e. The van der Waals surface area contributed by atoms with Crippen LogP contribution in [0.2, 0.25) is 0 Å². The molecule has 0 amide bonds. The molecular formula is C7H13N. The zero-order valence-corrected chi connectivity index (χ0v) is 4.44. The molecule has 0 radical (unpaired) electrons. The summed E-state index contributed by atoms with van der Waals surface area (Å²) in [7, 11) is 0. The molecule has 1 rings (SSSR count). The van der Waals surface area contributed by atoms with Crippen molar-refractivity contribution in [3.05, 3.63) is 24.0 Å². The number of nitrogens with one attached hydrogen (secondary N) is 1. The lowest BCUT2D eigenvalue weighted by Gasteiger charge is -1.78. The first kappa shape index (κ1) is 7.28. The minimum Gasteiger partial charge on any atom is -0.367 e. The van der Waals surface area contributed by atoms with E-state index in [9.17, 15) is 0 Å². The van der Waals surface area contributed by atoms with Gasteiger partial charge in [0.05, 0.1) is 0 Å². The van der Waals surface area contributed by atoms with Crippen LogP contribution < -0.4 is 0 Å². The molecule has 1 heteroatoms. The Morgan fingerprint density at radius 1 is 1.62 bits per heavy atom. The molecule has 0 saturated carbocycles. The quantitative estimate of drug-likeness (QED) is 0.572. The fourth-order valence-electron chi connectivity index (χ4n) is 0.578. The molecule has 46 valence electrons. The SMILES string of the molecule is C.CCc1cc[nH]c1. The van der Waals surface area contributed by atoms with Crippen molar-refractivity contribution in [2.75, 3.05) is 0 Å². The second kappa shape index (κ2) is 3.30. The van der Waals surface area contributed by atoms with Crippen LogP contribution in [0.4, 0.5) is 0 Å². The van der Waals surface area contributed by atoms with E-state index in [0.717, 1.165) is 6.42 Å². The normalized spacial score (nSPS) is 8.12. The third-order valence-corrected chi connectivity index (χ3v) is 1.07. The average molecular weight is 111 g/mol. The van der Waals surface area contributed by atoms with Crippen LogP contribution in [0.25, 0.3) is 0 Å². The van der Waals surface area contributed by atoms with E-state index in [1.807, 2.05) is 12.4 Å². The molecule has 8 heavy (non-hydrogen) atoms. The Hall–Kier alpha value is -0.720. The predicted octanol–water partition coefficient (Wildman–Crippen LogP) is 2.21. The van der Waals surface area contributed by atoms with E-state index in [2.05, 4.69) is 18.0 Å². The summed E-state index contributed by atoms with van der Waals surface area (Å²) < 4.78 is 0. The lowest BCUT2D eigenvalue weighted by molar-refractivity contribution is 1.14. The van der Waals surface area contributed by atoms with Crippen LogP contribution in [0.5, 0.6) is 0 Å². The Balaban J connectivity index is 0.000000490. The molecule has 0 aliphatic heterocycles. The van der Waals surface area contributed by atoms with E-state index >= 15 is 0 Å². The Kier molecular flexibility index (Phi) is 3.01. The second-order valence-electron chi connectivity index (χ2n) is 1.57. The number of hydrogen-bond acceptors (Lipinski definition) is 0. The van der Waals surface area contributed by atoms with Gasteiger partial charge in [-0.25, -0.2) is 0 Å². The molecule has 0 spiro atoms. The summed E-state index contributed by atoms with van der Waals surface area (Å²) in [5, 5.41) is 0. The zero-order valence-electron chi connectivity index (χ0n) is 4.44. The van der Waals surface area contributed by atoms with Crippen LogP contribution in [-0.2, 0) is 6.42 Å². The molecule has 1 heterocycles. The lowest BCUT2D eigenvalue weighted by Crippen LogP contribution is -1.67. The number of hydrogen-bond donors (Lipinski definition) is 1. The van der Waals surface area contributed by atoms with Crippen molar-refractivity contribution in [1.82, 2.24) is 4.98 Å². The average Bonchev–Trinajstić information content (AvgIpc) is 2.14. The molecule has 0 saturated heterocycles. The molecule has 1 nitrogen and oxygen atoms in total. The highest BCUT2D eigenvalue weighted by molar-refractivity contribution is 5.06. The van der Waals surface area contributed by atoms with Crippen molar-refractivity contribution in [3.63, 3.8) is 0 Å². The molecule has 1 aromatic rings. The monoisotopic (exact) mass is 111 g/mol. The van der Waals surface area contributed by atoms with E-state index in [-0.39, 0.29) is 7.43 Å². The molecule has 0 atom stereocenters. The number of aryl methyl sites for hydroxylation is 1. The first-order valence-corrected chi connectivity index (χ1v) is 2.55. The number of aromatic nitrogens is 1. The summed E-state index contributed by atoms with van der Waals surface area (Å²) in [4.78, 5) is 2.98. The third-order valence-electron chi connectivity index (χ3n) is 1.07. The highest BCUT2D eigenvalue weighted by Crippen LogP contribution is 1.94. The molecule has 0 aromatic carbocycles. The summed E-state index contributed by atoms with van der Waals surface area (Å²) >= 11 is 0. The van der Waals surface area contributed by atoms with Crippen LogP contribution in [0, 0.1) is 0 Å². The van der Waals surface area contributed by atoms with Crippen molar-refractivity contribution in [2.45, 2.75) is 20.8 Å². The molecule has 0 aliphatic rings. The first-order chi connectivity index (χ1) is 3.43. The maximum atomic E-state index is 2.98. The summed E-state index contributed by atoms with van der Waals surface area (Å²) in [6.45, 7) is 2.14. The Bertz CT molecular complexity index is 119. The molecule has 1 aromatic heterocycles. The van der Waals surface area contributed by atoms with E-state index in [1.54, 1.807) is 0 Å². The van der Waals surface area contributed by atoms with Crippen molar-refractivity contribution in [2.24, 2.45) is 0 Å². The van der Waals surface area contributed by atoms with Crippen LogP contribution >= 0.6 is 0 Å². The highest BCUT2D eigenvalue weighted by Gasteiger charge is 1.81. The Labute approximate surface area is 50.7 Å². The largest absolute Gasteiger partial charge is 0.367 e. The van der Waals surface area contributed by atoms with E-state index in [1.165, 1.54) is 5.56 Å². The van der Waals surface area contributed by atoms with Crippen LogP contribution in [-0.4, -0.2) is 4.98 Å². The van der Waals surface area contributed by atoms with Gasteiger partial charge in [-0.2, -0.15) is 0 Å². The summed E-state index contributed by atoms with van der Waals surface area (Å²) in [6, 6.07) is 2.08. The van der Waals surface area contributed by atoms with Gasteiger partial charge in [-0.15, -0.1) is 0 Å².